The van der Waals surface area contributed by atoms with Crippen LogP contribution in [-0.4, -0.2) is 29.7 Å². The molecule has 6 nitrogen and oxygen atoms in total. The van der Waals surface area contributed by atoms with Crippen molar-refractivity contribution in [2.24, 2.45) is 0 Å². The van der Waals surface area contributed by atoms with E-state index in [9.17, 15) is 8.42 Å². The van der Waals surface area contributed by atoms with Crippen molar-refractivity contribution in [3.8, 4) is 17.2 Å². The molecule has 0 amide bonds. The second kappa shape index (κ2) is 10.1. The monoisotopic (exact) mass is 576 g/mol. The normalized spacial score (nSPS) is 11.7. The third-order valence-corrected chi connectivity index (χ3v) is 12.1. The summed E-state index contributed by atoms with van der Waals surface area (Å²) in [5, 5.41) is 0.537. The van der Waals surface area contributed by atoms with Gasteiger partial charge in [0.05, 0.1) is 0 Å². The van der Waals surface area contributed by atoms with Gasteiger partial charge in [-0.25, -0.2) is 0 Å². The van der Waals surface area contributed by atoms with Crippen LogP contribution in [0, 0.1) is 14.1 Å². The Morgan fingerprint density at radius 1 is 0.806 bits per heavy atom. The molecule has 0 saturated carbocycles. The van der Waals surface area contributed by atoms with Crippen LogP contribution in [0.2, 0.25) is 5.02 Å². The molecule has 0 bridgehead atoms. The average molecular weight is 577 g/mol. The molecule has 0 radical (unpaired) electrons. The molecule has 3 rings (SSSR count). The molecule has 31 heavy (non-hydrogen) atoms. The second-order valence-electron chi connectivity index (χ2n) is 6.36. The standard InChI is InChI=1S/C22H22ClIO6S/c1-15-5-11-19(12-6-15)31(25,26)30-24(17-9-7-16(23)8-10-17)22-20(28-3)13-18(27-2)14-21(22)29-4/h5-14H,1-4H3. The molecule has 0 N–H and O–H groups in total. The van der Waals surface area contributed by atoms with Crippen molar-refractivity contribution >= 4 is 42.0 Å². The van der Waals surface area contributed by atoms with Crippen molar-refractivity contribution in [2.45, 2.75) is 11.8 Å². The van der Waals surface area contributed by atoms with Crippen LogP contribution in [0.3, 0.4) is 0 Å². The maximum absolute atomic E-state index is 13.2. The van der Waals surface area contributed by atoms with Gasteiger partial charge in [-0.05, 0) is 0 Å². The van der Waals surface area contributed by atoms with Gasteiger partial charge in [0.15, 0.2) is 0 Å². The summed E-state index contributed by atoms with van der Waals surface area (Å²) in [5.41, 5.74) is 0.950. The second-order valence-corrected chi connectivity index (χ2v) is 13.1. The predicted molar refractivity (Wildman–Crippen MR) is 128 cm³/mol. The molecule has 0 heterocycles. The number of hydrogen-bond acceptors (Lipinski definition) is 6. The van der Waals surface area contributed by atoms with E-state index in [4.69, 9.17) is 28.3 Å². The Morgan fingerprint density at radius 3 is 1.84 bits per heavy atom. The van der Waals surface area contributed by atoms with E-state index in [-0.39, 0.29) is 4.90 Å². The van der Waals surface area contributed by atoms with E-state index >= 15 is 0 Å². The SMILES string of the molecule is COc1cc(OC)c(I(OS(=O)(=O)c2ccc(C)cc2)c2ccc(Cl)cc2)c(OC)c1. The van der Waals surface area contributed by atoms with Crippen LogP contribution in [0.5, 0.6) is 17.2 Å². The Bertz CT molecular complexity index is 1120. The molecule has 9 heteroatoms. The number of aryl methyl sites for hydroxylation is 1. The van der Waals surface area contributed by atoms with Gasteiger partial charge in [0.1, 0.15) is 0 Å². The number of benzene rings is 3. The number of rotatable bonds is 8. The Kier molecular flexibility index (Phi) is 7.68. The Balaban J connectivity index is 2.19. The van der Waals surface area contributed by atoms with Gasteiger partial charge in [-0.1, -0.05) is 0 Å². The summed E-state index contributed by atoms with van der Waals surface area (Å²) < 4.78 is 50.0. The van der Waals surface area contributed by atoms with Crippen LogP contribution in [0.15, 0.2) is 65.6 Å². The van der Waals surface area contributed by atoms with Crippen LogP contribution in [0.1, 0.15) is 5.56 Å². The van der Waals surface area contributed by atoms with Gasteiger partial charge < -0.3 is 0 Å². The fourth-order valence-corrected chi connectivity index (χ4v) is 10.2. The number of halogens is 2. The van der Waals surface area contributed by atoms with Gasteiger partial charge in [0.2, 0.25) is 0 Å². The third kappa shape index (κ3) is 5.43. The van der Waals surface area contributed by atoms with Crippen molar-refractivity contribution < 1.29 is 25.1 Å². The average Bonchev–Trinajstić information content (AvgIpc) is 2.77. The molecule has 3 aromatic rings. The number of methoxy groups -OCH3 is 3. The molecule has 0 fully saturated rings. The molecule has 0 aliphatic carbocycles. The number of hydrogen-bond donors (Lipinski definition) is 0. The van der Waals surface area contributed by atoms with Crippen molar-refractivity contribution in [3.05, 3.63) is 78.4 Å². The van der Waals surface area contributed by atoms with Gasteiger partial charge >= 0.3 is 196 Å². The van der Waals surface area contributed by atoms with Crippen LogP contribution in [-0.2, 0) is 12.6 Å². The van der Waals surface area contributed by atoms with Crippen molar-refractivity contribution in [3.63, 3.8) is 0 Å². The van der Waals surface area contributed by atoms with Gasteiger partial charge in [-0.2, -0.15) is 0 Å². The molecule has 0 atom stereocenters. The van der Waals surface area contributed by atoms with Crippen molar-refractivity contribution in [2.75, 3.05) is 21.3 Å². The molecule has 0 unspecified atom stereocenters. The summed E-state index contributed by atoms with van der Waals surface area (Å²) in [6, 6.07) is 16.8. The Labute approximate surface area is 195 Å². The fourth-order valence-electron chi connectivity index (χ4n) is 2.68. The molecule has 3 aromatic carbocycles. The quantitative estimate of drug-likeness (QED) is 0.328. The first kappa shape index (κ1) is 23.6. The molecular formula is C22H22ClIO6S. The minimum atomic E-state index is -4.05. The van der Waals surface area contributed by atoms with Crippen LogP contribution in [0.4, 0.5) is 0 Å². The van der Waals surface area contributed by atoms with Crippen LogP contribution in [0.25, 0.3) is 0 Å². The first-order chi connectivity index (χ1) is 14.8. The summed E-state index contributed by atoms with van der Waals surface area (Å²) in [6.07, 6.45) is 0. The molecule has 0 aliphatic rings. The zero-order valence-electron chi connectivity index (χ0n) is 17.4. The van der Waals surface area contributed by atoms with E-state index in [2.05, 4.69) is 0 Å². The Hall–Kier alpha value is -2.01. The molecule has 166 valence electrons. The maximum atomic E-state index is 13.2. The summed E-state index contributed by atoms with van der Waals surface area (Å²) >= 11 is 2.95. The van der Waals surface area contributed by atoms with Gasteiger partial charge in [-0.3, -0.25) is 0 Å². The molecule has 0 saturated heterocycles. The van der Waals surface area contributed by atoms with Crippen molar-refractivity contribution in [1.82, 2.24) is 0 Å². The molecule has 0 aromatic heterocycles. The predicted octanol–water partition coefficient (Wildman–Crippen LogP) is 5.54. The number of ether oxygens (including phenoxy) is 3. The fraction of sp³-hybridized carbons (Fsp3) is 0.182. The van der Waals surface area contributed by atoms with E-state index in [0.717, 1.165) is 5.56 Å². The minimum absolute atomic E-state index is 0.0841. The molecule has 0 spiro atoms. The van der Waals surface area contributed by atoms with Crippen molar-refractivity contribution in [1.29, 1.82) is 0 Å². The topological polar surface area (TPSA) is 71.1 Å². The van der Waals surface area contributed by atoms with Gasteiger partial charge in [0, 0.05) is 0 Å². The van der Waals surface area contributed by atoms with E-state index in [0.29, 0.717) is 29.4 Å². The first-order valence-electron chi connectivity index (χ1n) is 9.06. The molecular weight excluding hydrogens is 555 g/mol. The van der Waals surface area contributed by atoms with E-state index in [1.54, 1.807) is 48.5 Å². The Morgan fingerprint density at radius 2 is 1.35 bits per heavy atom. The van der Waals surface area contributed by atoms with E-state index < -0.39 is 30.4 Å². The molecule has 0 aliphatic heterocycles. The first-order valence-corrected chi connectivity index (χ1v) is 13.9. The zero-order chi connectivity index (χ0) is 22.6. The van der Waals surface area contributed by atoms with E-state index in [1.807, 2.05) is 6.92 Å². The summed E-state index contributed by atoms with van der Waals surface area (Å²) in [6.45, 7) is 1.89. The van der Waals surface area contributed by atoms with Gasteiger partial charge in [0.25, 0.3) is 0 Å². The van der Waals surface area contributed by atoms with E-state index in [1.165, 1.54) is 33.5 Å². The summed E-state index contributed by atoms with van der Waals surface area (Å²) in [4.78, 5) is 0.0841. The summed E-state index contributed by atoms with van der Waals surface area (Å²) in [5.74, 6) is 1.37. The van der Waals surface area contributed by atoms with Crippen LogP contribution >= 0.6 is 31.8 Å². The van der Waals surface area contributed by atoms with Crippen LogP contribution < -0.4 is 14.2 Å². The third-order valence-electron chi connectivity index (χ3n) is 4.28. The zero-order valence-corrected chi connectivity index (χ0v) is 21.1. The van der Waals surface area contributed by atoms with Gasteiger partial charge in [-0.15, -0.1) is 0 Å². The summed E-state index contributed by atoms with van der Waals surface area (Å²) in [7, 11) is 0.480.